The SMILES string of the molecule is C/C=C\C=C(/C)Nc1ccc(N/C(C)=C/C=C\C)c2c1C(=O)c1c(Nc3ccccc3)ccc(Nc3ccccc3)c1C2=O. The van der Waals surface area contributed by atoms with E-state index in [-0.39, 0.29) is 11.6 Å². The average molecular weight is 581 g/mol. The van der Waals surface area contributed by atoms with E-state index in [2.05, 4.69) is 21.3 Å². The Balaban J connectivity index is 1.74. The predicted octanol–water partition coefficient (Wildman–Crippen LogP) is 9.73. The number of rotatable bonds is 10. The van der Waals surface area contributed by atoms with E-state index in [4.69, 9.17) is 0 Å². The molecule has 0 amide bonds. The molecule has 0 atom stereocenters. The lowest BCUT2D eigenvalue weighted by Crippen LogP contribution is -2.26. The summed E-state index contributed by atoms with van der Waals surface area (Å²) in [4.78, 5) is 29.5. The lowest BCUT2D eigenvalue weighted by atomic mass is 9.80. The Hall–Kier alpha value is -5.62. The third kappa shape index (κ3) is 6.40. The quantitative estimate of drug-likeness (QED) is 0.123. The Bertz CT molecular complexity index is 1680. The third-order valence-corrected chi connectivity index (χ3v) is 7.17. The summed E-state index contributed by atoms with van der Waals surface area (Å²) in [6, 6.07) is 26.7. The summed E-state index contributed by atoms with van der Waals surface area (Å²) in [5.41, 5.74) is 6.84. The second-order valence-corrected chi connectivity index (χ2v) is 10.5. The van der Waals surface area contributed by atoms with Crippen LogP contribution in [0.4, 0.5) is 34.1 Å². The molecule has 0 radical (unpaired) electrons. The number of hydrogen-bond acceptors (Lipinski definition) is 6. The van der Waals surface area contributed by atoms with Crippen molar-refractivity contribution in [2.24, 2.45) is 0 Å². The van der Waals surface area contributed by atoms with Crippen LogP contribution in [0.15, 0.2) is 133 Å². The first-order valence-electron chi connectivity index (χ1n) is 14.6. The number of allylic oxidation sites excluding steroid dienone is 8. The van der Waals surface area contributed by atoms with Crippen LogP contribution in [-0.4, -0.2) is 11.6 Å². The summed E-state index contributed by atoms with van der Waals surface area (Å²) in [6.45, 7) is 7.74. The Morgan fingerprint density at radius 2 is 0.841 bits per heavy atom. The molecule has 6 nitrogen and oxygen atoms in total. The average Bonchev–Trinajstić information content (AvgIpc) is 3.03. The first-order chi connectivity index (χ1) is 21.4. The molecule has 4 aromatic carbocycles. The first-order valence-corrected chi connectivity index (χ1v) is 14.6. The summed E-state index contributed by atoms with van der Waals surface area (Å²) in [6.07, 6.45) is 11.6. The number of para-hydroxylation sites is 2. The van der Waals surface area contributed by atoms with Gasteiger partial charge in [-0.1, -0.05) is 60.7 Å². The molecule has 0 aromatic heterocycles. The van der Waals surface area contributed by atoms with Crippen molar-refractivity contribution in [1.29, 1.82) is 0 Å². The second-order valence-electron chi connectivity index (χ2n) is 10.5. The molecule has 0 unspecified atom stereocenters. The third-order valence-electron chi connectivity index (χ3n) is 7.17. The topological polar surface area (TPSA) is 82.3 Å². The van der Waals surface area contributed by atoms with Crippen molar-refractivity contribution >= 4 is 45.7 Å². The van der Waals surface area contributed by atoms with Crippen LogP contribution >= 0.6 is 0 Å². The fourth-order valence-corrected chi connectivity index (χ4v) is 5.16. The fraction of sp³-hybridized carbons (Fsp3) is 0.105. The Morgan fingerprint density at radius 1 is 0.500 bits per heavy atom. The van der Waals surface area contributed by atoms with Gasteiger partial charge >= 0.3 is 0 Å². The van der Waals surface area contributed by atoms with Crippen molar-refractivity contribution in [3.05, 3.63) is 155 Å². The van der Waals surface area contributed by atoms with Crippen molar-refractivity contribution in [3.63, 3.8) is 0 Å². The predicted molar refractivity (Wildman–Crippen MR) is 184 cm³/mol. The Labute approximate surface area is 258 Å². The summed E-state index contributed by atoms with van der Waals surface area (Å²) >= 11 is 0. The van der Waals surface area contributed by atoms with Crippen molar-refractivity contribution in [2.75, 3.05) is 21.3 Å². The largest absolute Gasteiger partial charge is 0.359 e. The molecule has 4 N–H and O–H groups in total. The maximum atomic E-state index is 14.7. The standard InChI is InChI=1S/C38H36N4O2/c1-5-7-15-25(3)39-29-21-22-30(40-26(4)16-8-6-2)34-33(29)37(43)35-31(41-27-17-11-9-12-18-27)23-24-32(36(35)38(34)44)42-28-19-13-10-14-20-28/h5-24,39-42H,1-4H3/b7-5-,8-6-,25-15+,26-16+. The van der Waals surface area contributed by atoms with E-state index in [1.807, 2.05) is 149 Å². The summed E-state index contributed by atoms with van der Waals surface area (Å²) < 4.78 is 0. The lowest BCUT2D eigenvalue weighted by Gasteiger charge is -2.27. The van der Waals surface area contributed by atoms with Crippen LogP contribution in [0.2, 0.25) is 0 Å². The zero-order valence-electron chi connectivity index (χ0n) is 25.4. The number of hydrogen-bond donors (Lipinski definition) is 4. The zero-order valence-corrected chi connectivity index (χ0v) is 25.4. The molecule has 1 aliphatic carbocycles. The molecule has 0 fully saturated rings. The minimum Gasteiger partial charge on any atom is -0.359 e. The van der Waals surface area contributed by atoms with Gasteiger partial charge in [-0.3, -0.25) is 9.59 Å². The molecule has 0 aliphatic heterocycles. The number of fused-ring (bicyclic) bond motifs is 2. The van der Waals surface area contributed by atoms with E-state index >= 15 is 0 Å². The number of carbonyl (C=O) groups excluding carboxylic acids is 2. The molecule has 220 valence electrons. The number of benzene rings is 4. The Morgan fingerprint density at radius 3 is 1.20 bits per heavy atom. The minimum atomic E-state index is -0.246. The summed E-state index contributed by atoms with van der Waals surface area (Å²) in [7, 11) is 0. The van der Waals surface area contributed by atoms with Crippen LogP contribution < -0.4 is 21.3 Å². The van der Waals surface area contributed by atoms with Gasteiger partial charge in [0.2, 0.25) is 0 Å². The zero-order chi connectivity index (χ0) is 31.1. The second kappa shape index (κ2) is 13.6. The highest BCUT2D eigenvalue weighted by atomic mass is 16.1. The highest BCUT2D eigenvalue weighted by Crippen LogP contribution is 2.43. The minimum absolute atomic E-state index is 0.246. The molecule has 0 heterocycles. The van der Waals surface area contributed by atoms with E-state index in [0.29, 0.717) is 45.0 Å². The molecule has 0 saturated carbocycles. The molecule has 0 bridgehead atoms. The van der Waals surface area contributed by atoms with Crippen molar-refractivity contribution in [2.45, 2.75) is 27.7 Å². The summed E-state index contributed by atoms with van der Waals surface area (Å²) in [5, 5.41) is 13.5. The van der Waals surface area contributed by atoms with Crippen LogP contribution in [-0.2, 0) is 0 Å². The molecule has 4 aromatic rings. The van der Waals surface area contributed by atoms with E-state index < -0.39 is 0 Å². The number of carbonyl (C=O) groups is 2. The van der Waals surface area contributed by atoms with Gasteiger partial charge in [0.25, 0.3) is 0 Å². The van der Waals surface area contributed by atoms with Gasteiger partial charge in [0.1, 0.15) is 0 Å². The molecule has 5 rings (SSSR count). The van der Waals surface area contributed by atoms with E-state index in [9.17, 15) is 9.59 Å². The number of ketones is 2. The summed E-state index contributed by atoms with van der Waals surface area (Å²) in [5.74, 6) is -0.491. The molecular weight excluding hydrogens is 544 g/mol. The molecule has 0 spiro atoms. The maximum absolute atomic E-state index is 14.7. The molecule has 0 saturated heterocycles. The lowest BCUT2D eigenvalue weighted by molar-refractivity contribution is 0.0981. The number of nitrogens with one attached hydrogen (secondary N) is 4. The Kier molecular flexibility index (Phi) is 9.21. The van der Waals surface area contributed by atoms with Gasteiger partial charge in [-0.15, -0.1) is 0 Å². The first kappa shape index (κ1) is 29.9. The maximum Gasteiger partial charge on any atom is 0.198 e. The van der Waals surface area contributed by atoms with Crippen LogP contribution in [0.25, 0.3) is 0 Å². The molecule has 44 heavy (non-hydrogen) atoms. The van der Waals surface area contributed by atoms with E-state index in [1.54, 1.807) is 0 Å². The van der Waals surface area contributed by atoms with Crippen LogP contribution in [0.3, 0.4) is 0 Å². The van der Waals surface area contributed by atoms with Crippen molar-refractivity contribution in [1.82, 2.24) is 0 Å². The van der Waals surface area contributed by atoms with Gasteiger partial charge in [0, 0.05) is 22.8 Å². The molecule has 1 aliphatic rings. The van der Waals surface area contributed by atoms with Crippen LogP contribution in [0.1, 0.15) is 59.5 Å². The normalized spacial score (nSPS) is 13.2. The fourth-order valence-electron chi connectivity index (χ4n) is 5.16. The van der Waals surface area contributed by atoms with E-state index in [0.717, 1.165) is 22.8 Å². The van der Waals surface area contributed by atoms with Gasteiger partial charge in [-0.05, 0) is 88.4 Å². The van der Waals surface area contributed by atoms with Gasteiger partial charge in [-0.25, -0.2) is 0 Å². The van der Waals surface area contributed by atoms with Gasteiger partial charge in [0.15, 0.2) is 11.6 Å². The van der Waals surface area contributed by atoms with Crippen LogP contribution in [0, 0.1) is 0 Å². The number of anilines is 6. The molecule has 6 heteroatoms. The van der Waals surface area contributed by atoms with Gasteiger partial charge in [-0.2, -0.15) is 0 Å². The highest BCUT2D eigenvalue weighted by molar-refractivity contribution is 6.35. The smallest absolute Gasteiger partial charge is 0.198 e. The van der Waals surface area contributed by atoms with E-state index in [1.165, 1.54) is 0 Å². The molecular formula is C38H36N4O2. The monoisotopic (exact) mass is 580 g/mol. The van der Waals surface area contributed by atoms with Gasteiger partial charge in [0.05, 0.1) is 45.0 Å². The van der Waals surface area contributed by atoms with Crippen molar-refractivity contribution < 1.29 is 9.59 Å². The van der Waals surface area contributed by atoms with Gasteiger partial charge < -0.3 is 21.3 Å². The van der Waals surface area contributed by atoms with Crippen LogP contribution in [0.5, 0.6) is 0 Å². The van der Waals surface area contributed by atoms with Crippen molar-refractivity contribution in [3.8, 4) is 0 Å². The highest BCUT2D eigenvalue weighted by Gasteiger charge is 2.38.